The van der Waals surface area contributed by atoms with E-state index in [2.05, 4.69) is 49.3 Å². The summed E-state index contributed by atoms with van der Waals surface area (Å²) in [6.45, 7) is 1.76. The summed E-state index contributed by atoms with van der Waals surface area (Å²) in [4.78, 5) is 23.4. The number of anilines is 1. The number of fused-ring (bicyclic) bond motifs is 1. The molecular formula is C19H20BrN5O. The van der Waals surface area contributed by atoms with Gasteiger partial charge in [0.15, 0.2) is 0 Å². The van der Waals surface area contributed by atoms with Crippen molar-refractivity contribution in [2.75, 3.05) is 18.0 Å². The number of amides is 1. The van der Waals surface area contributed by atoms with Crippen LogP contribution >= 0.6 is 15.9 Å². The van der Waals surface area contributed by atoms with E-state index in [0.29, 0.717) is 5.69 Å². The zero-order chi connectivity index (χ0) is 18.1. The Balaban J connectivity index is 1.40. The summed E-state index contributed by atoms with van der Waals surface area (Å²) in [6, 6.07) is 10.5. The number of benzene rings is 1. The molecule has 134 valence electrons. The predicted molar refractivity (Wildman–Crippen MR) is 105 cm³/mol. The second-order valence-corrected chi connectivity index (χ2v) is 7.55. The number of nitrogens with zero attached hydrogens (tertiary/aromatic N) is 4. The number of halogens is 1. The van der Waals surface area contributed by atoms with E-state index in [-0.39, 0.29) is 11.9 Å². The Bertz CT molecular complexity index is 946. The lowest BCUT2D eigenvalue weighted by molar-refractivity contribution is 0.0923. The Hall–Kier alpha value is -2.41. The summed E-state index contributed by atoms with van der Waals surface area (Å²) in [5, 5.41) is 4.25. The number of hydrogen-bond donors (Lipinski definition) is 1. The summed E-state index contributed by atoms with van der Waals surface area (Å²) in [6.07, 6.45) is 5.05. The average molecular weight is 414 g/mol. The third-order valence-electron chi connectivity index (χ3n) is 4.84. The minimum atomic E-state index is -0.0582. The Kier molecular flexibility index (Phi) is 4.63. The molecule has 3 aromatic rings. The summed E-state index contributed by atoms with van der Waals surface area (Å²) >= 11 is 3.51. The van der Waals surface area contributed by atoms with Gasteiger partial charge in [0.05, 0.1) is 18.0 Å². The first kappa shape index (κ1) is 17.0. The molecule has 0 bridgehead atoms. The molecule has 0 unspecified atom stereocenters. The highest BCUT2D eigenvalue weighted by atomic mass is 79.9. The standard InChI is InChI=1S/C19H20BrN5O/c1-24-12-21-11-17(24)19(26)22-15-6-8-25(9-7-15)18-5-3-13-2-4-14(20)10-16(13)23-18/h2-5,10-12,15H,6-9H2,1H3,(H,22,26). The van der Waals surface area contributed by atoms with Gasteiger partial charge in [-0.3, -0.25) is 4.79 Å². The second-order valence-electron chi connectivity index (χ2n) is 6.63. The highest BCUT2D eigenvalue weighted by molar-refractivity contribution is 9.10. The number of nitrogens with one attached hydrogen (secondary N) is 1. The lowest BCUT2D eigenvalue weighted by Crippen LogP contribution is -2.45. The van der Waals surface area contributed by atoms with E-state index in [9.17, 15) is 4.79 Å². The van der Waals surface area contributed by atoms with Gasteiger partial charge in [0.1, 0.15) is 11.5 Å². The molecule has 7 heteroatoms. The smallest absolute Gasteiger partial charge is 0.269 e. The molecule has 3 heterocycles. The van der Waals surface area contributed by atoms with E-state index >= 15 is 0 Å². The molecule has 0 radical (unpaired) electrons. The molecule has 6 nitrogen and oxygen atoms in total. The minimum absolute atomic E-state index is 0.0582. The number of carbonyl (C=O) groups is 1. The first-order chi connectivity index (χ1) is 12.6. The third kappa shape index (κ3) is 3.44. The second kappa shape index (κ2) is 7.07. The van der Waals surface area contributed by atoms with Crippen LogP contribution in [0, 0.1) is 0 Å². The fourth-order valence-electron chi connectivity index (χ4n) is 3.34. The summed E-state index contributed by atoms with van der Waals surface area (Å²) in [5.74, 6) is 0.934. The van der Waals surface area contributed by atoms with Gasteiger partial charge in [0, 0.05) is 36.0 Å². The van der Waals surface area contributed by atoms with E-state index in [1.165, 1.54) is 0 Å². The first-order valence-corrected chi connectivity index (χ1v) is 9.48. The van der Waals surface area contributed by atoms with Crippen molar-refractivity contribution >= 4 is 38.6 Å². The Morgan fingerprint density at radius 1 is 1.23 bits per heavy atom. The molecule has 1 aliphatic rings. The molecule has 1 saturated heterocycles. The Morgan fingerprint density at radius 2 is 2.00 bits per heavy atom. The molecule has 26 heavy (non-hydrogen) atoms. The summed E-state index contributed by atoms with van der Waals surface area (Å²) in [5.41, 5.74) is 1.58. The monoisotopic (exact) mass is 413 g/mol. The van der Waals surface area contributed by atoms with Crippen LogP contribution in [0.5, 0.6) is 0 Å². The topological polar surface area (TPSA) is 63.1 Å². The fourth-order valence-corrected chi connectivity index (χ4v) is 3.69. The van der Waals surface area contributed by atoms with Gasteiger partial charge in [0.25, 0.3) is 5.91 Å². The van der Waals surface area contributed by atoms with Crippen LogP contribution in [-0.2, 0) is 7.05 Å². The van der Waals surface area contributed by atoms with Gasteiger partial charge in [-0.25, -0.2) is 9.97 Å². The van der Waals surface area contributed by atoms with Gasteiger partial charge < -0.3 is 14.8 Å². The van der Waals surface area contributed by atoms with Crippen LogP contribution in [-0.4, -0.2) is 39.6 Å². The highest BCUT2D eigenvalue weighted by Crippen LogP contribution is 2.24. The molecule has 0 saturated carbocycles. The van der Waals surface area contributed by atoms with E-state index < -0.39 is 0 Å². The van der Waals surface area contributed by atoms with Crippen LogP contribution in [0.2, 0.25) is 0 Å². The molecule has 0 aliphatic carbocycles. The molecular weight excluding hydrogens is 394 g/mol. The van der Waals surface area contributed by atoms with Gasteiger partial charge in [-0.1, -0.05) is 22.0 Å². The molecule has 0 spiro atoms. The first-order valence-electron chi connectivity index (χ1n) is 8.68. The number of rotatable bonds is 3. The molecule has 2 aromatic heterocycles. The van der Waals surface area contributed by atoms with Crippen molar-refractivity contribution < 1.29 is 4.79 Å². The van der Waals surface area contributed by atoms with Crippen molar-refractivity contribution in [2.24, 2.45) is 7.05 Å². The number of carbonyl (C=O) groups excluding carboxylic acids is 1. The zero-order valence-corrected chi connectivity index (χ0v) is 16.1. The van der Waals surface area contributed by atoms with Crippen LogP contribution in [0.15, 0.2) is 47.3 Å². The molecule has 1 fully saturated rings. The number of pyridine rings is 1. The van der Waals surface area contributed by atoms with E-state index in [1.807, 2.05) is 19.2 Å². The third-order valence-corrected chi connectivity index (χ3v) is 5.34. The minimum Gasteiger partial charge on any atom is -0.356 e. The van der Waals surface area contributed by atoms with Crippen molar-refractivity contribution in [1.82, 2.24) is 19.9 Å². The van der Waals surface area contributed by atoms with Gasteiger partial charge in [0.2, 0.25) is 0 Å². The number of imidazole rings is 1. The molecule has 1 aliphatic heterocycles. The average Bonchev–Trinajstić information content (AvgIpc) is 3.08. The van der Waals surface area contributed by atoms with E-state index in [0.717, 1.165) is 47.1 Å². The van der Waals surface area contributed by atoms with Crippen LogP contribution in [0.1, 0.15) is 23.3 Å². The Labute approximate surface area is 160 Å². The lowest BCUT2D eigenvalue weighted by atomic mass is 10.0. The maximum atomic E-state index is 12.3. The van der Waals surface area contributed by atoms with Crippen LogP contribution in [0.3, 0.4) is 0 Å². The van der Waals surface area contributed by atoms with Gasteiger partial charge in [-0.05, 0) is 37.1 Å². The van der Waals surface area contributed by atoms with E-state index in [4.69, 9.17) is 4.98 Å². The molecule has 4 rings (SSSR count). The molecule has 0 atom stereocenters. The van der Waals surface area contributed by atoms with Crippen LogP contribution in [0.4, 0.5) is 5.82 Å². The van der Waals surface area contributed by atoms with Gasteiger partial charge in [-0.2, -0.15) is 0 Å². The largest absolute Gasteiger partial charge is 0.356 e. The highest BCUT2D eigenvalue weighted by Gasteiger charge is 2.23. The quantitative estimate of drug-likeness (QED) is 0.716. The van der Waals surface area contributed by atoms with Crippen molar-refractivity contribution in [3.63, 3.8) is 0 Å². The predicted octanol–water partition coefficient (Wildman–Crippen LogP) is 3.13. The van der Waals surface area contributed by atoms with Crippen molar-refractivity contribution in [3.05, 3.63) is 53.0 Å². The lowest BCUT2D eigenvalue weighted by Gasteiger charge is -2.33. The molecule has 1 amide bonds. The number of aromatic nitrogens is 3. The fraction of sp³-hybridized carbons (Fsp3) is 0.316. The van der Waals surface area contributed by atoms with Gasteiger partial charge in [-0.15, -0.1) is 0 Å². The van der Waals surface area contributed by atoms with E-state index in [1.54, 1.807) is 17.1 Å². The summed E-state index contributed by atoms with van der Waals surface area (Å²) < 4.78 is 2.77. The van der Waals surface area contributed by atoms with Crippen molar-refractivity contribution in [2.45, 2.75) is 18.9 Å². The van der Waals surface area contributed by atoms with Crippen LogP contribution < -0.4 is 10.2 Å². The number of aryl methyl sites for hydroxylation is 1. The van der Waals surface area contributed by atoms with Gasteiger partial charge >= 0.3 is 0 Å². The maximum Gasteiger partial charge on any atom is 0.269 e. The van der Waals surface area contributed by atoms with Crippen molar-refractivity contribution in [1.29, 1.82) is 0 Å². The number of hydrogen-bond acceptors (Lipinski definition) is 4. The zero-order valence-electron chi connectivity index (χ0n) is 14.5. The normalized spacial score (nSPS) is 15.4. The Morgan fingerprint density at radius 3 is 2.73 bits per heavy atom. The number of piperidine rings is 1. The molecule has 1 N–H and O–H groups in total. The van der Waals surface area contributed by atoms with Crippen molar-refractivity contribution in [3.8, 4) is 0 Å². The molecule has 1 aromatic carbocycles. The SMILES string of the molecule is Cn1cncc1C(=O)NC1CCN(c2ccc3ccc(Br)cc3n2)CC1. The summed E-state index contributed by atoms with van der Waals surface area (Å²) in [7, 11) is 1.83. The maximum absolute atomic E-state index is 12.3. The van der Waals surface area contributed by atoms with Crippen LogP contribution in [0.25, 0.3) is 10.9 Å².